The lowest BCUT2D eigenvalue weighted by Crippen LogP contribution is -2.19. The first-order chi connectivity index (χ1) is 19.1. The summed E-state index contributed by atoms with van der Waals surface area (Å²) in [6.45, 7) is 0. The number of rotatable bonds is 8. The van der Waals surface area contributed by atoms with E-state index in [4.69, 9.17) is 46.4 Å². The average Bonchev–Trinajstić information content (AvgIpc) is 2.94. The van der Waals surface area contributed by atoms with Gasteiger partial charge in [0.15, 0.2) is 0 Å². The molecule has 0 bridgehead atoms. The Hall–Kier alpha value is -2.72. The topological polar surface area (TPSA) is 95.5 Å². The lowest BCUT2D eigenvalue weighted by atomic mass is 10.1. The second kappa shape index (κ2) is 13.3. The van der Waals surface area contributed by atoms with Crippen molar-refractivity contribution >= 4 is 103 Å². The molecule has 0 fully saturated rings. The molecule has 1 atom stereocenters. The number of carbonyl (C=O) groups excluding carboxylic acids is 2. The molecule has 3 N–H and O–H groups in total. The number of carboxylic acids is 1. The van der Waals surface area contributed by atoms with Crippen LogP contribution in [0.2, 0.25) is 20.1 Å². The van der Waals surface area contributed by atoms with Gasteiger partial charge in [-0.3, -0.25) is 9.59 Å². The summed E-state index contributed by atoms with van der Waals surface area (Å²) in [6, 6.07) is 23.3. The SMILES string of the molecule is O=C(O)c1c(Cl)c(Cl)c(Cl)c(Cl)c1C(=O)Nc1cccc(SC(C(=O)Nc2ccccc2Br)c2ccccc2)c1. The van der Waals surface area contributed by atoms with Crippen LogP contribution >= 0.6 is 74.1 Å². The lowest BCUT2D eigenvalue weighted by molar-refractivity contribution is -0.115. The van der Waals surface area contributed by atoms with Crippen LogP contribution in [0, 0.1) is 0 Å². The normalized spacial score (nSPS) is 11.5. The molecule has 12 heteroatoms. The average molecular weight is 699 g/mol. The van der Waals surface area contributed by atoms with E-state index in [1.54, 1.807) is 30.3 Å². The standard InChI is InChI=1S/C28H17BrCl4N2O4S/c29-17-11-4-5-12-18(17)35-27(37)25(14-7-2-1-3-8-14)40-16-10-6-9-15(13-16)34-26(36)19-20(28(38)39)22(31)24(33)23(32)21(19)30/h1-13,25H,(H,34,36)(H,35,37)(H,38,39). The first kappa shape index (κ1) is 30.2. The number of carbonyl (C=O) groups is 3. The van der Waals surface area contributed by atoms with Crippen LogP contribution in [0.3, 0.4) is 0 Å². The third-order valence-electron chi connectivity index (χ3n) is 5.53. The maximum atomic E-state index is 13.4. The monoisotopic (exact) mass is 696 g/mol. The van der Waals surface area contributed by atoms with Gasteiger partial charge in [0.25, 0.3) is 5.91 Å². The Balaban J connectivity index is 1.63. The van der Waals surface area contributed by atoms with Crippen molar-refractivity contribution < 1.29 is 19.5 Å². The van der Waals surface area contributed by atoms with Crippen LogP contribution in [0.25, 0.3) is 0 Å². The van der Waals surface area contributed by atoms with E-state index in [-0.39, 0.29) is 21.0 Å². The van der Waals surface area contributed by atoms with E-state index < -0.39 is 33.3 Å². The molecule has 0 aliphatic carbocycles. The highest BCUT2D eigenvalue weighted by molar-refractivity contribution is 9.10. The van der Waals surface area contributed by atoms with Crippen LogP contribution in [0.15, 0.2) is 88.2 Å². The van der Waals surface area contributed by atoms with E-state index in [1.807, 2.05) is 48.5 Å². The number of thioether (sulfide) groups is 1. The van der Waals surface area contributed by atoms with Crippen LogP contribution in [-0.4, -0.2) is 22.9 Å². The summed E-state index contributed by atoms with van der Waals surface area (Å²) in [5, 5.41) is 13.3. The van der Waals surface area contributed by atoms with E-state index in [0.717, 1.165) is 10.0 Å². The summed E-state index contributed by atoms with van der Waals surface area (Å²) in [5.74, 6) is -2.60. The minimum Gasteiger partial charge on any atom is -0.478 e. The van der Waals surface area contributed by atoms with Gasteiger partial charge in [0.2, 0.25) is 5.91 Å². The van der Waals surface area contributed by atoms with Gasteiger partial charge in [-0.25, -0.2) is 4.79 Å². The van der Waals surface area contributed by atoms with Gasteiger partial charge < -0.3 is 15.7 Å². The number of halogens is 5. The number of hydrogen-bond acceptors (Lipinski definition) is 4. The Kier molecular flexibility index (Phi) is 10.1. The van der Waals surface area contributed by atoms with Gasteiger partial charge in [0, 0.05) is 15.1 Å². The number of carboxylic acid groups (broad SMARTS) is 1. The third kappa shape index (κ3) is 6.77. The zero-order valence-corrected chi connectivity index (χ0v) is 25.5. The van der Waals surface area contributed by atoms with Crippen molar-refractivity contribution in [2.75, 3.05) is 10.6 Å². The van der Waals surface area contributed by atoms with Gasteiger partial charge >= 0.3 is 5.97 Å². The second-order valence-corrected chi connectivity index (χ2v) is 11.7. The van der Waals surface area contributed by atoms with E-state index >= 15 is 0 Å². The Morgan fingerprint density at radius 1 is 0.750 bits per heavy atom. The zero-order chi connectivity index (χ0) is 29.0. The van der Waals surface area contributed by atoms with Gasteiger partial charge in [-0.15, -0.1) is 11.8 Å². The van der Waals surface area contributed by atoms with Crippen molar-refractivity contribution in [3.05, 3.63) is 120 Å². The molecule has 6 nitrogen and oxygen atoms in total. The molecule has 2 amide bonds. The van der Waals surface area contributed by atoms with Crippen molar-refractivity contribution in [3.63, 3.8) is 0 Å². The molecule has 4 aromatic carbocycles. The summed E-state index contributed by atoms with van der Waals surface area (Å²) in [4.78, 5) is 39.1. The van der Waals surface area contributed by atoms with Crippen molar-refractivity contribution in [2.45, 2.75) is 10.1 Å². The molecule has 0 heterocycles. The first-order valence-electron chi connectivity index (χ1n) is 11.4. The molecule has 0 aromatic heterocycles. The Morgan fingerprint density at radius 3 is 2.02 bits per heavy atom. The molecule has 0 radical (unpaired) electrons. The Labute approximate surface area is 262 Å². The molecular weight excluding hydrogens is 682 g/mol. The Bertz CT molecular complexity index is 1620. The molecule has 0 aliphatic rings. The predicted octanol–water partition coefficient (Wildman–Crippen LogP) is 9.49. The summed E-state index contributed by atoms with van der Waals surface area (Å²) in [7, 11) is 0. The van der Waals surface area contributed by atoms with Crippen LogP contribution in [-0.2, 0) is 4.79 Å². The highest BCUT2D eigenvalue weighted by Gasteiger charge is 2.29. The van der Waals surface area contributed by atoms with Crippen LogP contribution in [0.4, 0.5) is 11.4 Å². The largest absolute Gasteiger partial charge is 0.478 e. The summed E-state index contributed by atoms with van der Waals surface area (Å²) >= 11 is 29.1. The van der Waals surface area contributed by atoms with Gasteiger partial charge in [0.1, 0.15) is 5.25 Å². The number of amides is 2. The fourth-order valence-electron chi connectivity index (χ4n) is 3.68. The van der Waals surface area contributed by atoms with E-state index in [0.29, 0.717) is 16.3 Å². The predicted molar refractivity (Wildman–Crippen MR) is 166 cm³/mol. The number of hydrogen-bond donors (Lipinski definition) is 3. The molecule has 1 unspecified atom stereocenters. The smallest absolute Gasteiger partial charge is 0.338 e. The number of nitrogens with one attached hydrogen (secondary N) is 2. The fourth-order valence-corrected chi connectivity index (χ4v) is 6.17. The van der Waals surface area contributed by atoms with Crippen LogP contribution < -0.4 is 10.6 Å². The van der Waals surface area contributed by atoms with Crippen LogP contribution in [0.1, 0.15) is 31.5 Å². The van der Waals surface area contributed by atoms with Crippen molar-refractivity contribution in [2.24, 2.45) is 0 Å². The number of aromatic carboxylic acids is 1. The highest BCUT2D eigenvalue weighted by atomic mass is 79.9. The molecule has 0 aliphatic heterocycles. The van der Waals surface area contributed by atoms with Gasteiger partial charge in [-0.05, 0) is 51.8 Å². The molecule has 0 saturated heterocycles. The highest BCUT2D eigenvalue weighted by Crippen LogP contribution is 2.42. The summed E-state index contributed by atoms with van der Waals surface area (Å²) in [6.07, 6.45) is 0. The molecule has 4 rings (SSSR count). The quantitative estimate of drug-likeness (QED) is 0.0968. The number of anilines is 2. The zero-order valence-electron chi connectivity index (χ0n) is 20.1. The van der Waals surface area contributed by atoms with E-state index in [2.05, 4.69) is 26.6 Å². The first-order valence-corrected chi connectivity index (χ1v) is 14.5. The maximum absolute atomic E-state index is 13.4. The summed E-state index contributed by atoms with van der Waals surface area (Å²) < 4.78 is 0.742. The number of benzene rings is 4. The van der Waals surface area contributed by atoms with Gasteiger partial charge in [0.05, 0.1) is 36.9 Å². The van der Waals surface area contributed by atoms with Crippen molar-refractivity contribution in [1.29, 1.82) is 0 Å². The lowest BCUT2D eigenvalue weighted by Gasteiger charge is -2.18. The minimum absolute atomic E-state index is 0.241. The maximum Gasteiger partial charge on any atom is 0.338 e. The van der Waals surface area contributed by atoms with E-state index in [9.17, 15) is 19.5 Å². The molecule has 40 heavy (non-hydrogen) atoms. The van der Waals surface area contributed by atoms with Crippen molar-refractivity contribution in [3.8, 4) is 0 Å². The fraction of sp³-hybridized carbons (Fsp3) is 0.0357. The molecular formula is C28H17BrCl4N2O4S. The number of para-hydroxylation sites is 1. The molecule has 0 saturated carbocycles. The van der Waals surface area contributed by atoms with Crippen molar-refractivity contribution in [1.82, 2.24) is 0 Å². The molecule has 0 spiro atoms. The minimum atomic E-state index is -1.50. The molecule has 4 aromatic rings. The van der Waals surface area contributed by atoms with Gasteiger partial charge in [-0.1, -0.05) is 94.9 Å². The third-order valence-corrected chi connectivity index (χ3v) is 9.27. The van der Waals surface area contributed by atoms with E-state index in [1.165, 1.54) is 11.8 Å². The Morgan fingerprint density at radius 2 is 1.38 bits per heavy atom. The summed E-state index contributed by atoms with van der Waals surface area (Å²) in [5.41, 5.74) is 0.720. The van der Waals surface area contributed by atoms with Crippen LogP contribution in [0.5, 0.6) is 0 Å². The van der Waals surface area contributed by atoms with Gasteiger partial charge in [-0.2, -0.15) is 0 Å². The second-order valence-electron chi connectivity index (χ2n) is 8.17. The molecule has 204 valence electrons.